The zero-order valence-electron chi connectivity index (χ0n) is 12.4. The molecule has 0 aliphatic carbocycles. The van der Waals surface area contributed by atoms with Gasteiger partial charge in [0.25, 0.3) is 6.01 Å². The Kier molecular flexibility index (Phi) is 4.19. The molecule has 8 nitrogen and oxygen atoms in total. The summed E-state index contributed by atoms with van der Waals surface area (Å²) >= 11 is 0. The SMILES string of the molecule is O=C(C=C(O)c1ccoc1F)c1ncn[nH]1.O=S1(=O)C2=CC=C1C=C2. The van der Waals surface area contributed by atoms with Gasteiger partial charge in [0.1, 0.15) is 12.1 Å². The molecule has 0 amide bonds. The Hall–Kier alpha value is -3.27. The smallest absolute Gasteiger partial charge is 0.288 e. The molecule has 2 aliphatic heterocycles. The quantitative estimate of drug-likeness (QED) is 0.485. The predicted molar refractivity (Wildman–Crippen MR) is 84.2 cm³/mol. The van der Waals surface area contributed by atoms with E-state index in [9.17, 15) is 22.7 Å². The van der Waals surface area contributed by atoms with Gasteiger partial charge in [0.15, 0.2) is 5.82 Å². The molecular weight excluding hydrogens is 353 g/mol. The second-order valence-corrected chi connectivity index (χ2v) is 6.76. The molecule has 128 valence electrons. The summed E-state index contributed by atoms with van der Waals surface area (Å²) in [6.07, 6.45) is 9.50. The van der Waals surface area contributed by atoms with Gasteiger partial charge in [-0.25, -0.2) is 13.4 Å². The van der Waals surface area contributed by atoms with Crippen molar-refractivity contribution in [3.05, 3.63) is 76.2 Å². The second kappa shape index (κ2) is 6.32. The van der Waals surface area contributed by atoms with E-state index in [1.165, 1.54) is 6.07 Å². The Bertz CT molecular complexity index is 1010. The van der Waals surface area contributed by atoms with Crippen LogP contribution in [0, 0.1) is 6.01 Å². The minimum absolute atomic E-state index is 0.0459. The lowest BCUT2D eigenvalue weighted by molar-refractivity contribution is 0.103. The molecule has 2 bridgehead atoms. The lowest BCUT2D eigenvalue weighted by atomic mass is 10.2. The van der Waals surface area contributed by atoms with Crippen LogP contribution in [0.5, 0.6) is 0 Å². The summed E-state index contributed by atoms with van der Waals surface area (Å²) in [5, 5.41) is 15.2. The summed E-state index contributed by atoms with van der Waals surface area (Å²) in [4.78, 5) is 15.8. The summed E-state index contributed by atoms with van der Waals surface area (Å²) in [6, 6.07) is 0.244. The highest BCUT2D eigenvalue weighted by atomic mass is 32.2. The van der Waals surface area contributed by atoms with Gasteiger partial charge in [0, 0.05) is 6.08 Å². The van der Waals surface area contributed by atoms with Crippen LogP contribution < -0.4 is 0 Å². The number of hydrogen-bond donors (Lipinski definition) is 2. The average Bonchev–Trinajstić information content (AvgIpc) is 3.34. The number of fused-ring (bicyclic) bond motifs is 2. The van der Waals surface area contributed by atoms with Crippen molar-refractivity contribution < 1.29 is 27.1 Å². The molecule has 0 spiro atoms. The Balaban J connectivity index is 0.000000170. The van der Waals surface area contributed by atoms with Crippen molar-refractivity contribution in [2.75, 3.05) is 0 Å². The monoisotopic (exact) mass is 363 g/mol. The Morgan fingerprint density at radius 1 is 1.28 bits per heavy atom. The van der Waals surface area contributed by atoms with Gasteiger partial charge in [-0.05, 0) is 30.4 Å². The average molecular weight is 363 g/mol. The molecule has 2 N–H and O–H groups in total. The van der Waals surface area contributed by atoms with E-state index in [2.05, 4.69) is 19.6 Å². The highest BCUT2D eigenvalue weighted by Crippen LogP contribution is 2.32. The summed E-state index contributed by atoms with van der Waals surface area (Å²) in [5.74, 6) is -1.20. The number of halogens is 1. The van der Waals surface area contributed by atoms with Crippen LogP contribution in [-0.2, 0) is 9.84 Å². The summed E-state index contributed by atoms with van der Waals surface area (Å²) < 4.78 is 39.1. The summed E-state index contributed by atoms with van der Waals surface area (Å²) in [5.41, 5.74) is -0.187. The topological polar surface area (TPSA) is 126 Å². The summed E-state index contributed by atoms with van der Waals surface area (Å²) in [7, 11) is -2.98. The number of ketones is 1. The minimum Gasteiger partial charge on any atom is -0.507 e. The van der Waals surface area contributed by atoms with Crippen molar-refractivity contribution in [2.45, 2.75) is 0 Å². The van der Waals surface area contributed by atoms with Gasteiger partial charge in [0.05, 0.1) is 21.6 Å². The molecule has 0 saturated carbocycles. The van der Waals surface area contributed by atoms with E-state index in [-0.39, 0.29) is 11.4 Å². The number of carbonyl (C=O) groups excluding carboxylic acids is 1. The van der Waals surface area contributed by atoms with E-state index < -0.39 is 27.4 Å². The molecule has 2 aromatic rings. The number of sulfone groups is 1. The van der Waals surface area contributed by atoms with Crippen molar-refractivity contribution in [3.8, 4) is 0 Å². The predicted octanol–water partition coefficient (Wildman–Crippen LogP) is 2.07. The van der Waals surface area contributed by atoms with Gasteiger partial charge in [-0.1, -0.05) is 0 Å². The largest absolute Gasteiger partial charge is 0.507 e. The first kappa shape index (κ1) is 16.6. The maximum atomic E-state index is 12.9. The van der Waals surface area contributed by atoms with Crippen LogP contribution in [-0.4, -0.2) is 34.5 Å². The van der Waals surface area contributed by atoms with E-state index in [1.54, 1.807) is 24.3 Å². The van der Waals surface area contributed by atoms with Crippen molar-refractivity contribution in [3.63, 3.8) is 0 Å². The molecule has 0 unspecified atom stereocenters. The number of furan rings is 1. The molecule has 2 aromatic heterocycles. The zero-order valence-corrected chi connectivity index (χ0v) is 13.2. The highest BCUT2D eigenvalue weighted by Gasteiger charge is 2.28. The van der Waals surface area contributed by atoms with E-state index in [0.29, 0.717) is 9.81 Å². The number of nitrogens with one attached hydrogen (secondary N) is 1. The van der Waals surface area contributed by atoms with Gasteiger partial charge in [-0.15, -0.1) is 0 Å². The third-order valence-corrected chi connectivity index (χ3v) is 5.04. The molecule has 0 atom stereocenters. The van der Waals surface area contributed by atoms with Crippen molar-refractivity contribution >= 4 is 21.4 Å². The van der Waals surface area contributed by atoms with Gasteiger partial charge in [-0.3, -0.25) is 9.89 Å². The first-order valence-corrected chi connectivity index (χ1v) is 8.27. The van der Waals surface area contributed by atoms with Gasteiger partial charge < -0.3 is 9.52 Å². The van der Waals surface area contributed by atoms with Crippen LogP contribution in [0.1, 0.15) is 16.2 Å². The van der Waals surface area contributed by atoms with E-state index >= 15 is 0 Å². The number of aromatic amines is 1. The number of allylic oxidation sites excluding steroid dienone is 5. The maximum absolute atomic E-state index is 12.9. The van der Waals surface area contributed by atoms with Gasteiger partial charge in [0.2, 0.25) is 15.6 Å². The standard InChI is InChI=1S/C9H6FN3O3.C6H4O2S/c10-8-5(1-2-16-8)6(14)3-7(15)9-11-4-12-13-9;7-9(8)5-1-2-6(9)4-3-5/h1-4,14H,(H,11,12,13);1-4H. The van der Waals surface area contributed by atoms with Crippen LogP contribution in [0.25, 0.3) is 5.76 Å². The molecule has 0 radical (unpaired) electrons. The number of aromatic nitrogens is 3. The number of hydrogen-bond acceptors (Lipinski definition) is 7. The molecule has 0 fully saturated rings. The number of nitrogens with zero attached hydrogens (tertiary/aromatic N) is 2. The van der Waals surface area contributed by atoms with E-state index in [0.717, 1.165) is 18.7 Å². The lowest BCUT2D eigenvalue weighted by Crippen LogP contribution is -1.99. The third-order valence-electron chi connectivity index (χ3n) is 3.25. The lowest BCUT2D eigenvalue weighted by Gasteiger charge is -1.94. The maximum Gasteiger partial charge on any atom is 0.288 e. The molecule has 4 rings (SSSR count). The Morgan fingerprint density at radius 3 is 2.36 bits per heavy atom. The summed E-state index contributed by atoms with van der Waals surface area (Å²) in [6.45, 7) is 0. The first-order chi connectivity index (χ1) is 11.9. The number of aliphatic hydroxyl groups excluding tert-OH is 1. The number of aliphatic hydroxyl groups is 1. The van der Waals surface area contributed by atoms with Crippen LogP contribution >= 0.6 is 0 Å². The van der Waals surface area contributed by atoms with Gasteiger partial charge in [-0.2, -0.15) is 9.49 Å². The van der Waals surface area contributed by atoms with Crippen LogP contribution in [0.3, 0.4) is 0 Å². The van der Waals surface area contributed by atoms with E-state index in [4.69, 9.17) is 0 Å². The molecule has 0 aromatic carbocycles. The van der Waals surface area contributed by atoms with E-state index in [1.807, 2.05) is 0 Å². The Labute approximate surface area is 140 Å². The Morgan fingerprint density at radius 2 is 1.96 bits per heavy atom. The fourth-order valence-corrected chi connectivity index (χ4v) is 3.27. The number of rotatable bonds is 3. The molecule has 4 heterocycles. The second-order valence-electron chi connectivity index (χ2n) is 4.81. The molecule has 10 heteroatoms. The van der Waals surface area contributed by atoms with Crippen LogP contribution in [0.2, 0.25) is 0 Å². The van der Waals surface area contributed by atoms with Gasteiger partial charge >= 0.3 is 0 Å². The van der Waals surface area contributed by atoms with Crippen molar-refractivity contribution in [1.29, 1.82) is 0 Å². The molecular formula is C15H10FN3O5S. The molecule has 0 saturated heterocycles. The highest BCUT2D eigenvalue weighted by molar-refractivity contribution is 8.00. The van der Waals surface area contributed by atoms with Crippen molar-refractivity contribution in [2.24, 2.45) is 0 Å². The molecule has 25 heavy (non-hydrogen) atoms. The van der Waals surface area contributed by atoms with Crippen molar-refractivity contribution in [1.82, 2.24) is 15.2 Å². The molecule has 2 aliphatic rings. The fourth-order valence-electron chi connectivity index (χ4n) is 2.01. The van der Waals surface area contributed by atoms with Crippen LogP contribution in [0.4, 0.5) is 4.39 Å². The minimum atomic E-state index is -2.98. The third kappa shape index (κ3) is 3.19. The number of carbonyl (C=O) groups is 1. The first-order valence-electron chi connectivity index (χ1n) is 6.78. The zero-order chi connectivity index (χ0) is 18.0. The normalized spacial score (nSPS) is 16.9. The number of H-pyrrole nitrogens is 1. The van der Waals surface area contributed by atoms with Crippen LogP contribution in [0.15, 0.2) is 63.3 Å². The fraction of sp³-hybridized carbons (Fsp3) is 0.